The van der Waals surface area contributed by atoms with E-state index in [0.29, 0.717) is 17.8 Å². The Hall–Kier alpha value is -3.02. The first-order valence-corrected chi connectivity index (χ1v) is 7.52. The minimum Gasteiger partial charge on any atom is -0.344 e. The molecular weight excluding hydrogens is 307 g/mol. The Labute approximate surface area is 139 Å². The van der Waals surface area contributed by atoms with Crippen molar-refractivity contribution >= 4 is 11.6 Å². The fourth-order valence-corrected chi connectivity index (χ4v) is 2.62. The summed E-state index contributed by atoms with van der Waals surface area (Å²) in [4.78, 5) is 20.2. The van der Waals surface area contributed by atoms with E-state index in [0.717, 1.165) is 23.1 Å². The van der Waals surface area contributed by atoms with Crippen LogP contribution in [0.2, 0.25) is 0 Å². The van der Waals surface area contributed by atoms with Crippen molar-refractivity contribution in [3.05, 3.63) is 77.4 Å². The molecule has 24 heavy (non-hydrogen) atoms. The van der Waals surface area contributed by atoms with Crippen LogP contribution in [-0.2, 0) is 6.54 Å². The maximum atomic E-state index is 13.2. The number of hydrogen-bond donors (Lipinski definition) is 1. The average Bonchev–Trinajstić information content (AvgIpc) is 2.84. The Morgan fingerprint density at radius 2 is 1.92 bits per heavy atom. The molecule has 0 saturated heterocycles. The van der Waals surface area contributed by atoms with Crippen LogP contribution in [0, 0.1) is 19.7 Å². The number of carbonyl (C=O) groups is 1. The summed E-state index contributed by atoms with van der Waals surface area (Å²) in [6.07, 6.45) is 6.00. The highest BCUT2D eigenvalue weighted by molar-refractivity contribution is 6.05. The van der Waals surface area contributed by atoms with Crippen LogP contribution in [0.5, 0.6) is 0 Å². The van der Waals surface area contributed by atoms with Gasteiger partial charge in [-0.15, -0.1) is 0 Å². The minimum atomic E-state index is -0.490. The summed E-state index contributed by atoms with van der Waals surface area (Å²) in [7, 11) is 0. The van der Waals surface area contributed by atoms with Gasteiger partial charge >= 0.3 is 0 Å². The molecule has 0 radical (unpaired) electrons. The molecule has 0 bridgehead atoms. The largest absolute Gasteiger partial charge is 0.344 e. The molecule has 0 aliphatic carbocycles. The summed E-state index contributed by atoms with van der Waals surface area (Å²) >= 11 is 0. The number of aryl methyl sites for hydroxylation is 1. The molecule has 0 aromatic carbocycles. The van der Waals surface area contributed by atoms with Crippen LogP contribution in [0.4, 0.5) is 10.1 Å². The second-order valence-electron chi connectivity index (χ2n) is 5.57. The number of aromatic nitrogens is 3. The Morgan fingerprint density at radius 3 is 2.62 bits per heavy atom. The number of nitrogens with zero attached hydrogens (tertiary/aromatic N) is 3. The third kappa shape index (κ3) is 3.32. The van der Waals surface area contributed by atoms with Crippen molar-refractivity contribution in [3.8, 4) is 0 Å². The van der Waals surface area contributed by atoms with Crippen LogP contribution < -0.4 is 5.32 Å². The van der Waals surface area contributed by atoms with E-state index in [2.05, 4.69) is 19.9 Å². The molecule has 1 amide bonds. The number of anilines is 1. The molecule has 3 rings (SSSR count). The third-order valence-corrected chi connectivity index (χ3v) is 3.87. The highest BCUT2D eigenvalue weighted by Gasteiger charge is 2.16. The highest BCUT2D eigenvalue weighted by Crippen LogP contribution is 2.19. The molecule has 0 atom stereocenters. The predicted molar refractivity (Wildman–Crippen MR) is 89.4 cm³/mol. The second kappa shape index (κ2) is 6.62. The normalized spacial score (nSPS) is 10.6. The molecule has 6 heteroatoms. The van der Waals surface area contributed by atoms with Gasteiger partial charge in [0.15, 0.2) is 0 Å². The fourth-order valence-electron chi connectivity index (χ4n) is 2.62. The molecule has 3 heterocycles. The summed E-state index contributed by atoms with van der Waals surface area (Å²) < 4.78 is 15.3. The minimum absolute atomic E-state index is 0.281. The lowest BCUT2D eigenvalue weighted by molar-refractivity contribution is 0.102. The van der Waals surface area contributed by atoms with Gasteiger partial charge in [-0.3, -0.25) is 14.8 Å². The molecule has 3 aromatic rings. The Kier molecular flexibility index (Phi) is 4.37. The zero-order valence-electron chi connectivity index (χ0n) is 13.5. The van der Waals surface area contributed by atoms with E-state index >= 15 is 0 Å². The summed E-state index contributed by atoms with van der Waals surface area (Å²) in [5.41, 5.74) is 3.83. The standard InChI is InChI=1S/C18H17FN4O/c1-12-7-17(18(24)22-16-8-15(19)9-21-10-16)13(2)23(12)11-14-3-5-20-6-4-14/h3-10H,11H2,1-2H3,(H,22,24). The lowest BCUT2D eigenvalue weighted by atomic mass is 10.2. The maximum absolute atomic E-state index is 13.2. The van der Waals surface area contributed by atoms with Gasteiger partial charge in [0.05, 0.1) is 23.6 Å². The molecule has 0 aliphatic heterocycles. The molecular formula is C18H17FN4O. The smallest absolute Gasteiger partial charge is 0.257 e. The quantitative estimate of drug-likeness (QED) is 0.801. The van der Waals surface area contributed by atoms with E-state index in [1.54, 1.807) is 12.4 Å². The zero-order valence-corrected chi connectivity index (χ0v) is 13.5. The monoisotopic (exact) mass is 324 g/mol. The van der Waals surface area contributed by atoms with Crippen LogP contribution in [0.3, 0.4) is 0 Å². The molecule has 3 aromatic heterocycles. The topological polar surface area (TPSA) is 59.8 Å². The van der Waals surface area contributed by atoms with Crippen molar-refractivity contribution in [1.82, 2.24) is 14.5 Å². The van der Waals surface area contributed by atoms with Crippen molar-refractivity contribution in [2.75, 3.05) is 5.32 Å². The molecule has 1 N–H and O–H groups in total. The molecule has 0 fully saturated rings. The Balaban J connectivity index is 1.84. The average molecular weight is 324 g/mol. The van der Waals surface area contributed by atoms with Gasteiger partial charge in [-0.25, -0.2) is 4.39 Å². The molecule has 5 nitrogen and oxygen atoms in total. The predicted octanol–water partition coefficient (Wildman–Crippen LogP) is 3.33. The first kappa shape index (κ1) is 15.9. The summed E-state index contributed by atoms with van der Waals surface area (Å²) in [5.74, 6) is -0.771. The van der Waals surface area contributed by atoms with Gasteiger partial charge in [0.2, 0.25) is 0 Å². The summed E-state index contributed by atoms with van der Waals surface area (Å²) in [5, 5.41) is 2.68. The number of nitrogens with one attached hydrogen (secondary N) is 1. The van der Waals surface area contributed by atoms with Crippen LogP contribution in [0.15, 0.2) is 49.1 Å². The highest BCUT2D eigenvalue weighted by atomic mass is 19.1. The molecule has 122 valence electrons. The van der Waals surface area contributed by atoms with Gasteiger partial charge in [0, 0.05) is 36.4 Å². The lowest BCUT2D eigenvalue weighted by Gasteiger charge is -2.10. The number of hydrogen-bond acceptors (Lipinski definition) is 3. The first-order valence-electron chi connectivity index (χ1n) is 7.52. The van der Waals surface area contributed by atoms with Crippen molar-refractivity contribution in [2.24, 2.45) is 0 Å². The van der Waals surface area contributed by atoms with Crippen molar-refractivity contribution < 1.29 is 9.18 Å². The van der Waals surface area contributed by atoms with Crippen LogP contribution in [-0.4, -0.2) is 20.4 Å². The fraction of sp³-hybridized carbons (Fsp3) is 0.167. The van der Waals surface area contributed by atoms with E-state index in [4.69, 9.17) is 0 Å². The lowest BCUT2D eigenvalue weighted by Crippen LogP contribution is -2.14. The Bertz CT molecular complexity index is 874. The maximum Gasteiger partial charge on any atom is 0.257 e. The van der Waals surface area contributed by atoms with Crippen molar-refractivity contribution in [1.29, 1.82) is 0 Å². The number of carbonyl (C=O) groups excluding carboxylic acids is 1. The van der Waals surface area contributed by atoms with E-state index in [1.165, 1.54) is 12.3 Å². The van der Waals surface area contributed by atoms with Crippen molar-refractivity contribution in [2.45, 2.75) is 20.4 Å². The van der Waals surface area contributed by atoms with Gasteiger partial charge in [-0.2, -0.15) is 0 Å². The number of halogens is 1. The van der Waals surface area contributed by atoms with Crippen LogP contribution in [0.25, 0.3) is 0 Å². The summed E-state index contributed by atoms with van der Waals surface area (Å²) in [6.45, 7) is 4.51. The molecule has 0 aliphatic rings. The molecule has 0 spiro atoms. The number of amides is 1. The summed E-state index contributed by atoms with van der Waals surface area (Å²) in [6, 6.07) is 6.95. The van der Waals surface area contributed by atoms with E-state index in [1.807, 2.05) is 32.0 Å². The van der Waals surface area contributed by atoms with Crippen LogP contribution >= 0.6 is 0 Å². The van der Waals surface area contributed by atoms with Gasteiger partial charge in [-0.05, 0) is 37.6 Å². The number of rotatable bonds is 4. The number of pyridine rings is 2. The SMILES string of the molecule is Cc1cc(C(=O)Nc2cncc(F)c2)c(C)n1Cc1ccncc1. The van der Waals surface area contributed by atoms with Crippen molar-refractivity contribution in [3.63, 3.8) is 0 Å². The van der Waals surface area contributed by atoms with E-state index in [-0.39, 0.29) is 5.91 Å². The van der Waals surface area contributed by atoms with Gasteiger partial charge in [0.25, 0.3) is 5.91 Å². The Morgan fingerprint density at radius 1 is 1.17 bits per heavy atom. The van der Waals surface area contributed by atoms with E-state index < -0.39 is 5.82 Å². The molecule has 0 saturated carbocycles. The van der Waals surface area contributed by atoms with Gasteiger partial charge in [-0.1, -0.05) is 0 Å². The third-order valence-electron chi connectivity index (χ3n) is 3.87. The second-order valence-corrected chi connectivity index (χ2v) is 5.57. The van der Waals surface area contributed by atoms with Gasteiger partial charge < -0.3 is 9.88 Å². The van der Waals surface area contributed by atoms with Gasteiger partial charge in [0.1, 0.15) is 5.82 Å². The first-order chi connectivity index (χ1) is 11.5. The van der Waals surface area contributed by atoms with Crippen LogP contribution in [0.1, 0.15) is 27.3 Å². The zero-order chi connectivity index (χ0) is 17.1. The van der Waals surface area contributed by atoms with E-state index in [9.17, 15) is 9.18 Å². The molecule has 0 unspecified atom stereocenters.